The summed E-state index contributed by atoms with van der Waals surface area (Å²) in [4.78, 5) is 0. The van der Waals surface area contributed by atoms with Gasteiger partial charge in [-0.25, -0.2) is 0 Å². The van der Waals surface area contributed by atoms with Gasteiger partial charge in [-0.1, -0.05) is 65.7 Å². The van der Waals surface area contributed by atoms with E-state index in [-0.39, 0.29) is 0 Å². The largest absolute Gasteiger partial charge is 0.493 e. The van der Waals surface area contributed by atoms with Crippen LogP contribution in [0.25, 0.3) is 0 Å². The second kappa shape index (κ2) is 9.45. The standard InChI is InChI=1S/C23H24ClNO2/c1-17-6-5-7-19(12-17)16-27-22-11-10-18(13-23(22)26-2)14-25-15-20-8-3-4-9-21(20)24/h3-13,25H,14-16H2,1-2H3. The maximum absolute atomic E-state index is 6.19. The molecule has 27 heavy (non-hydrogen) atoms. The van der Waals surface area contributed by atoms with E-state index in [4.69, 9.17) is 21.1 Å². The van der Waals surface area contributed by atoms with Gasteiger partial charge in [0, 0.05) is 18.1 Å². The van der Waals surface area contributed by atoms with Crippen molar-refractivity contribution in [1.29, 1.82) is 0 Å². The number of nitrogens with one attached hydrogen (secondary N) is 1. The highest BCUT2D eigenvalue weighted by Gasteiger charge is 2.07. The van der Waals surface area contributed by atoms with Crippen molar-refractivity contribution in [2.75, 3.05) is 7.11 Å². The Kier molecular flexibility index (Phi) is 6.74. The molecule has 0 aliphatic carbocycles. The lowest BCUT2D eigenvalue weighted by Gasteiger charge is -2.13. The van der Waals surface area contributed by atoms with Crippen molar-refractivity contribution in [1.82, 2.24) is 5.32 Å². The van der Waals surface area contributed by atoms with Gasteiger partial charge in [-0.3, -0.25) is 0 Å². The number of hydrogen-bond donors (Lipinski definition) is 1. The first-order valence-electron chi connectivity index (χ1n) is 8.95. The van der Waals surface area contributed by atoms with Crippen molar-refractivity contribution in [2.45, 2.75) is 26.6 Å². The highest BCUT2D eigenvalue weighted by atomic mass is 35.5. The molecule has 0 heterocycles. The van der Waals surface area contributed by atoms with Crippen LogP contribution in [0.3, 0.4) is 0 Å². The number of halogens is 1. The molecule has 0 saturated carbocycles. The fraction of sp³-hybridized carbons (Fsp3) is 0.217. The minimum atomic E-state index is 0.516. The maximum Gasteiger partial charge on any atom is 0.161 e. The van der Waals surface area contributed by atoms with Gasteiger partial charge in [0.2, 0.25) is 0 Å². The summed E-state index contributed by atoms with van der Waals surface area (Å²) in [5.74, 6) is 1.48. The van der Waals surface area contributed by atoms with Gasteiger partial charge in [-0.2, -0.15) is 0 Å². The summed E-state index contributed by atoms with van der Waals surface area (Å²) in [7, 11) is 1.66. The zero-order chi connectivity index (χ0) is 19.1. The summed E-state index contributed by atoms with van der Waals surface area (Å²) in [6.07, 6.45) is 0. The van der Waals surface area contributed by atoms with Crippen molar-refractivity contribution >= 4 is 11.6 Å². The average Bonchev–Trinajstić information content (AvgIpc) is 2.68. The molecule has 1 N–H and O–H groups in total. The predicted molar refractivity (Wildman–Crippen MR) is 111 cm³/mol. The quantitative estimate of drug-likeness (QED) is 0.556. The first-order chi connectivity index (χ1) is 13.2. The molecule has 0 fully saturated rings. The average molecular weight is 382 g/mol. The number of benzene rings is 3. The fourth-order valence-corrected chi connectivity index (χ4v) is 3.09. The highest BCUT2D eigenvalue weighted by molar-refractivity contribution is 6.31. The van der Waals surface area contributed by atoms with E-state index in [9.17, 15) is 0 Å². The van der Waals surface area contributed by atoms with Crippen molar-refractivity contribution in [3.05, 3.63) is 94.0 Å². The van der Waals surface area contributed by atoms with Crippen LogP contribution in [0.5, 0.6) is 11.5 Å². The molecule has 140 valence electrons. The summed E-state index contributed by atoms with van der Waals surface area (Å²) in [5, 5.41) is 4.19. The van der Waals surface area contributed by atoms with Crippen molar-refractivity contribution in [2.24, 2.45) is 0 Å². The fourth-order valence-electron chi connectivity index (χ4n) is 2.89. The summed E-state index contributed by atoms with van der Waals surface area (Å²) in [5.41, 5.74) is 4.58. The normalized spacial score (nSPS) is 10.6. The van der Waals surface area contributed by atoms with Crippen LogP contribution in [0.2, 0.25) is 5.02 Å². The first-order valence-corrected chi connectivity index (χ1v) is 9.33. The lowest BCUT2D eigenvalue weighted by molar-refractivity contribution is 0.284. The third kappa shape index (κ3) is 5.49. The molecule has 0 atom stereocenters. The minimum absolute atomic E-state index is 0.516. The number of rotatable bonds is 8. The van der Waals surface area contributed by atoms with E-state index in [0.717, 1.165) is 39.8 Å². The maximum atomic E-state index is 6.19. The van der Waals surface area contributed by atoms with Gasteiger partial charge in [0.15, 0.2) is 11.5 Å². The molecule has 0 saturated heterocycles. The molecular formula is C23H24ClNO2. The Morgan fingerprint density at radius 3 is 2.48 bits per heavy atom. The Labute approximate surface area is 165 Å². The van der Waals surface area contributed by atoms with Crippen LogP contribution in [-0.4, -0.2) is 7.11 Å². The van der Waals surface area contributed by atoms with Crippen molar-refractivity contribution in [3.63, 3.8) is 0 Å². The molecule has 0 spiro atoms. The van der Waals surface area contributed by atoms with E-state index >= 15 is 0 Å². The van der Waals surface area contributed by atoms with Gasteiger partial charge in [0.25, 0.3) is 0 Å². The van der Waals surface area contributed by atoms with Gasteiger partial charge < -0.3 is 14.8 Å². The SMILES string of the molecule is COc1cc(CNCc2ccccc2Cl)ccc1OCc1cccc(C)c1. The van der Waals surface area contributed by atoms with Gasteiger partial charge >= 0.3 is 0 Å². The lowest BCUT2D eigenvalue weighted by Crippen LogP contribution is -2.13. The summed E-state index contributed by atoms with van der Waals surface area (Å²) in [6, 6.07) is 22.2. The van der Waals surface area contributed by atoms with Crippen LogP contribution in [0.4, 0.5) is 0 Å². The Morgan fingerprint density at radius 1 is 0.852 bits per heavy atom. The second-order valence-electron chi connectivity index (χ2n) is 6.46. The zero-order valence-electron chi connectivity index (χ0n) is 15.7. The molecule has 3 aromatic rings. The van der Waals surface area contributed by atoms with Crippen LogP contribution < -0.4 is 14.8 Å². The Hall–Kier alpha value is -2.49. The summed E-state index contributed by atoms with van der Waals surface area (Å²) >= 11 is 6.19. The molecule has 0 radical (unpaired) electrons. The minimum Gasteiger partial charge on any atom is -0.493 e. The molecule has 0 bridgehead atoms. The van der Waals surface area contributed by atoms with E-state index in [1.165, 1.54) is 5.56 Å². The van der Waals surface area contributed by atoms with E-state index in [1.54, 1.807) is 7.11 Å². The number of hydrogen-bond acceptors (Lipinski definition) is 3. The topological polar surface area (TPSA) is 30.5 Å². The van der Waals surface area contributed by atoms with Crippen LogP contribution in [0.15, 0.2) is 66.7 Å². The van der Waals surface area contributed by atoms with Crippen molar-refractivity contribution in [3.8, 4) is 11.5 Å². The van der Waals surface area contributed by atoms with Gasteiger partial charge in [0.05, 0.1) is 7.11 Å². The molecule has 0 aliphatic rings. The molecule has 0 unspecified atom stereocenters. The zero-order valence-corrected chi connectivity index (χ0v) is 16.4. The van der Waals surface area contributed by atoms with Crippen LogP contribution in [-0.2, 0) is 19.7 Å². The van der Waals surface area contributed by atoms with Gasteiger partial charge in [0.1, 0.15) is 6.61 Å². The third-order valence-electron chi connectivity index (χ3n) is 4.31. The molecule has 3 aromatic carbocycles. The molecule has 0 amide bonds. The smallest absolute Gasteiger partial charge is 0.161 e. The predicted octanol–water partition coefficient (Wildman–Crippen LogP) is 5.53. The van der Waals surface area contributed by atoms with Crippen LogP contribution >= 0.6 is 11.6 Å². The highest BCUT2D eigenvalue weighted by Crippen LogP contribution is 2.29. The summed E-state index contributed by atoms with van der Waals surface area (Å²) < 4.78 is 11.5. The second-order valence-corrected chi connectivity index (χ2v) is 6.87. The molecule has 0 aromatic heterocycles. The van der Waals surface area contributed by atoms with E-state index < -0.39 is 0 Å². The molecular weight excluding hydrogens is 358 g/mol. The van der Waals surface area contributed by atoms with Crippen LogP contribution in [0.1, 0.15) is 22.3 Å². The number of aryl methyl sites for hydroxylation is 1. The van der Waals surface area contributed by atoms with Crippen molar-refractivity contribution < 1.29 is 9.47 Å². The lowest BCUT2D eigenvalue weighted by atomic mass is 10.1. The molecule has 3 nitrogen and oxygen atoms in total. The Morgan fingerprint density at radius 2 is 1.70 bits per heavy atom. The number of ether oxygens (including phenoxy) is 2. The first kappa shape index (κ1) is 19.3. The van der Waals surface area contributed by atoms with E-state index in [0.29, 0.717) is 13.2 Å². The molecule has 0 aliphatic heterocycles. The molecule has 4 heteroatoms. The summed E-state index contributed by atoms with van der Waals surface area (Å²) in [6.45, 7) is 4.03. The Bertz CT molecular complexity index is 895. The number of methoxy groups -OCH3 is 1. The monoisotopic (exact) mass is 381 g/mol. The van der Waals surface area contributed by atoms with Gasteiger partial charge in [-0.15, -0.1) is 0 Å². The van der Waals surface area contributed by atoms with E-state index in [2.05, 4.69) is 30.4 Å². The van der Waals surface area contributed by atoms with Gasteiger partial charge in [-0.05, 0) is 41.8 Å². The van der Waals surface area contributed by atoms with E-state index in [1.807, 2.05) is 48.5 Å². The van der Waals surface area contributed by atoms with Crippen LogP contribution in [0, 0.1) is 6.92 Å². The Balaban J connectivity index is 1.59. The third-order valence-corrected chi connectivity index (χ3v) is 4.68. The molecule has 3 rings (SSSR count).